The number of benzene rings is 1. The smallest absolute Gasteiger partial charge is 0.198 e. The third kappa shape index (κ3) is 1.54. The molecular weight excluding hydrogens is 220 g/mol. The molecule has 0 bridgehead atoms. The van der Waals surface area contributed by atoms with Crippen molar-refractivity contribution in [3.63, 3.8) is 0 Å². The van der Waals surface area contributed by atoms with Gasteiger partial charge in [0.25, 0.3) is 0 Å². The zero-order valence-electron chi connectivity index (χ0n) is 8.45. The molecule has 1 aliphatic carbocycles. The van der Waals surface area contributed by atoms with Crippen molar-refractivity contribution in [2.45, 2.75) is 13.3 Å². The molecule has 0 aliphatic heterocycles. The van der Waals surface area contributed by atoms with Gasteiger partial charge in [0.15, 0.2) is 23.3 Å². The number of hydrogen-bond acceptors (Lipinski definition) is 0. The number of rotatable bonds is 1. The maximum absolute atomic E-state index is 13.4. The minimum atomic E-state index is -1.78. The van der Waals surface area contributed by atoms with E-state index in [0.717, 1.165) is 5.57 Å². The van der Waals surface area contributed by atoms with Gasteiger partial charge in [-0.1, -0.05) is 12.2 Å². The molecule has 1 aromatic carbocycles. The minimum Gasteiger partial charge on any atom is -0.204 e. The zero-order chi connectivity index (χ0) is 11.9. The second-order valence-electron chi connectivity index (χ2n) is 3.59. The fourth-order valence-electron chi connectivity index (χ4n) is 1.72. The Morgan fingerprint density at radius 3 is 2.19 bits per heavy atom. The summed E-state index contributed by atoms with van der Waals surface area (Å²) in [5.41, 5.74) is 0.905. The maximum Gasteiger partial charge on any atom is 0.198 e. The summed E-state index contributed by atoms with van der Waals surface area (Å²) in [6, 6.07) is 0.683. The van der Waals surface area contributed by atoms with Crippen molar-refractivity contribution in [3.05, 3.63) is 52.6 Å². The minimum absolute atomic E-state index is 0.234. The molecule has 0 saturated heterocycles. The van der Waals surface area contributed by atoms with Crippen LogP contribution < -0.4 is 0 Å². The van der Waals surface area contributed by atoms with Crippen LogP contribution >= 0.6 is 0 Å². The van der Waals surface area contributed by atoms with E-state index >= 15 is 0 Å². The van der Waals surface area contributed by atoms with Crippen molar-refractivity contribution in [1.82, 2.24) is 0 Å². The molecular formula is C12H8F4. The van der Waals surface area contributed by atoms with E-state index in [4.69, 9.17) is 0 Å². The highest BCUT2D eigenvalue weighted by Gasteiger charge is 2.22. The van der Waals surface area contributed by atoms with Crippen LogP contribution in [0, 0.1) is 23.3 Å². The number of halogens is 4. The van der Waals surface area contributed by atoms with Crippen LogP contribution in [0.3, 0.4) is 0 Å². The van der Waals surface area contributed by atoms with Crippen LogP contribution in [0.5, 0.6) is 0 Å². The molecule has 0 atom stereocenters. The van der Waals surface area contributed by atoms with Gasteiger partial charge in [0.05, 0.1) is 0 Å². The van der Waals surface area contributed by atoms with Gasteiger partial charge in [-0.3, -0.25) is 0 Å². The first-order chi connectivity index (χ1) is 7.52. The van der Waals surface area contributed by atoms with Gasteiger partial charge in [-0.15, -0.1) is 0 Å². The molecule has 0 radical (unpaired) electrons. The summed E-state index contributed by atoms with van der Waals surface area (Å²) in [6.45, 7) is 1.71. The highest BCUT2D eigenvalue weighted by Crippen LogP contribution is 2.32. The summed E-state index contributed by atoms with van der Waals surface area (Å²) in [7, 11) is 0. The molecule has 0 saturated carbocycles. The molecule has 84 valence electrons. The van der Waals surface area contributed by atoms with Crippen LogP contribution in [0.15, 0.2) is 23.8 Å². The Labute approximate surface area is 89.9 Å². The Morgan fingerprint density at radius 1 is 0.938 bits per heavy atom. The van der Waals surface area contributed by atoms with Crippen molar-refractivity contribution >= 4 is 5.57 Å². The largest absolute Gasteiger partial charge is 0.204 e. The quantitative estimate of drug-likeness (QED) is 0.387. The normalized spacial score (nSPS) is 15.1. The third-order valence-corrected chi connectivity index (χ3v) is 2.56. The van der Waals surface area contributed by atoms with Crippen LogP contribution in [0.4, 0.5) is 17.6 Å². The first-order valence-electron chi connectivity index (χ1n) is 4.73. The molecule has 0 aromatic heterocycles. The molecule has 4 heteroatoms. The summed E-state index contributed by atoms with van der Waals surface area (Å²) in [4.78, 5) is 0. The summed E-state index contributed by atoms with van der Waals surface area (Å²) in [6.07, 6.45) is 4.03. The van der Waals surface area contributed by atoms with Gasteiger partial charge >= 0.3 is 0 Å². The molecule has 16 heavy (non-hydrogen) atoms. The standard InChI is InChI=1S/C12H8F4/c1-6-3-2-4-7(6)8-5-9(13)11(15)12(16)10(8)14/h3-5H,2H2,1H3. The van der Waals surface area contributed by atoms with Crippen LogP contribution in [0.25, 0.3) is 5.57 Å². The topological polar surface area (TPSA) is 0 Å². The van der Waals surface area contributed by atoms with E-state index in [-0.39, 0.29) is 5.56 Å². The fourth-order valence-corrected chi connectivity index (χ4v) is 1.72. The van der Waals surface area contributed by atoms with E-state index in [9.17, 15) is 17.6 Å². The van der Waals surface area contributed by atoms with Gasteiger partial charge in [-0.25, -0.2) is 17.6 Å². The van der Waals surface area contributed by atoms with E-state index < -0.39 is 23.3 Å². The third-order valence-electron chi connectivity index (χ3n) is 2.56. The van der Waals surface area contributed by atoms with Crippen molar-refractivity contribution in [1.29, 1.82) is 0 Å². The van der Waals surface area contributed by atoms with Gasteiger partial charge in [0.2, 0.25) is 0 Å². The van der Waals surface area contributed by atoms with E-state index in [0.29, 0.717) is 18.1 Å². The summed E-state index contributed by atoms with van der Waals surface area (Å²) >= 11 is 0. The molecule has 1 aromatic rings. The molecule has 0 unspecified atom stereocenters. The number of hydrogen-bond donors (Lipinski definition) is 0. The molecule has 1 aliphatic rings. The Bertz CT molecular complexity index is 512. The highest BCUT2D eigenvalue weighted by molar-refractivity contribution is 5.81. The van der Waals surface area contributed by atoms with Gasteiger partial charge < -0.3 is 0 Å². The fraction of sp³-hybridized carbons (Fsp3) is 0.167. The summed E-state index contributed by atoms with van der Waals surface area (Å²) in [5, 5.41) is 0. The van der Waals surface area contributed by atoms with Crippen molar-refractivity contribution in [3.8, 4) is 0 Å². The Morgan fingerprint density at radius 2 is 1.62 bits per heavy atom. The van der Waals surface area contributed by atoms with Crippen LogP contribution in [-0.2, 0) is 0 Å². The van der Waals surface area contributed by atoms with E-state index in [1.165, 1.54) is 0 Å². The van der Waals surface area contributed by atoms with Gasteiger partial charge in [-0.05, 0) is 30.6 Å². The van der Waals surface area contributed by atoms with Gasteiger partial charge in [-0.2, -0.15) is 0 Å². The Hall–Kier alpha value is -1.58. The van der Waals surface area contributed by atoms with Crippen LogP contribution in [0.2, 0.25) is 0 Å². The van der Waals surface area contributed by atoms with Crippen LogP contribution in [0.1, 0.15) is 18.9 Å². The molecule has 0 heterocycles. The molecule has 0 amide bonds. The Kier molecular flexibility index (Phi) is 2.58. The van der Waals surface area contributed by atoms with E-state index in [1.807, 2.05) is 0 Å². The van der Waals surface area contributed by atoms with Crippen molar-refractivity contribution in [2.75, 3.05) is 0 Å². The Balaban J connectivity index is 2.63. The highest BCUT2D eigenvalue weighted by atomic mass is 19.2. The average molecular weight is 228 g/mol. The molecule has 2 rings (SSSR count). The van der Waals surface area contributed by atoms with Gasteiger partial charge in [0.1, 0.15) is 0 Å². The zero-order valence-corrected chi connectivity index (χ0v) is 8.45. The lowest BCUT2D eigenvalue weighted by atomic mass is 10.0. The van der Waals surface area contributed by atoms with Crippen molar-refractivity contribution < 1.29 is 17.6 Å². The van der Waals surface area contributed by atoms with E-state index in [1.54, 1.807) is 19.1 Å². The lowest BCUT2D eigenvalue weighted by Gasteiger charge is -2.08. The lowest BCUT2D eigenvalue weighted by molar-refractivity contribution is 0.408. The summed E-state index contributed by atoms with van der Waals surface area (Å²) < 4.78 is 52.1. The van der Waals surface area contributed by atoms with Gasteiger partial charge in [0, 0.05) is 5.56 Å². The SMILES string of the molecule is CC1=CCC=C1c1cc(F)c(F)c(F)c1F. The molecule has 0 fully saturated rings. The van der Waals surface area contributed by atoms with E-state index in [2.05, 4.69) is 0 Å². The molecule has 0 nitrogen and oxygen atoms in total. The first-order valence-corrected chi connectivity index (χ1v) is 4.73. The predicted octanol–water partition coefficient (Wildman–Crippen LogP) is 3.98. The predicted molar refractivity (Wildman–Crippen MR) is 52.6 cm³/mol. The van der Waals surface area contributed by atoms with Crippen LogP contribution in [-0.4, -0.2) is 0 Å². The second kappa shape index (κ2) is 3.77. The second-order valence-corrected chi connectivity index (χ2v) is 3.59. The maximum atomic E-state index is 13.4. The average Bonchev–Trinajstić information content (AvgIpc) is 2.67. The van der Waals surface area contributed by atoms with Crippen molar-refractivity contribution in [2.24, 2.45) is 0 Å². The monoisotopic (exact) mass is 228 g/mol. The summed E-state index contributed by atoms with van der Waals surface area (Å²) in [5.74, 6) is -6.27. The lowest BCUT2D eigenvalue weighted by Crippen LogP contribution is -2.01. The number of allylic oxidation sites excluding steroid dienone is 4. The first kappa shape index (κ1) is 10.9. The molecule has 0 spiro atoms. The molecule has 0 N–H and O–H groups in total.